The highest BCUT2D eigenvalue weighted by Gasteiger charge is 2.30. The van der Waals surface area contributed by atoms with Crippen molar-refractivity contribution in [2.24, 2.45) is 0 Å². The van der Waals surface area contributed by atoms with E-state index in [9.17, 15) is 18.0 Å². The van der Waals surface area contributed by atoms with Gasteiger partial charge in [-0.1, -0.05) is 0 Å². The van der Waals surface area contributed by atoms with Crippen molar-refractivity contribution in [2.75, 3.05) is 13.7 Å². The van der Waals surface area contributed by atoms with Crippen molar-refractivity contribution in [1.29, 1.82) is 0 Å². The van der Waals surface area contributed by atoms with E-state index in [1.165, 1.54) is 7.11 Å². The molecular weight excluding hydrogens is 235 g/mol. The van der Waals surface area contributed by atoms with Crippen molar-refractivity contribution in [3.8, 4) is 0 Å². The number of rotatable bonds is 5. The van der Waals surface area contributed by atoms with Gasteiger partial charge in [-0.05, 0) is 18.6 Å². The van der Waals surface area contributed by atoms with Crippen LogP contribution >= 0.6 is 0 Å². The fourth-order valence-electron chi connectivity index (χ4n) is 1.23. The molecule has 0 aliphatic carbocycles. The number of carbonyl (C=O) groups excluding carboxylic acids is 1. The van der Waals surface area contributed by atoms with Crippen molar-refractivity contribution in [1.82, 2.24) is 4.98 Å². The van der Waals surface area contributed by atoms with E-state index >= 15 is 0 Å². The molecule has 0 atom stereocenters. The molecule has 3 nitrogen and oxygen atoms in total. The first kappa shape index (κ1) is 13.6. The van der Waals surface area contributed by atoms with E-state index in [0.29, 0.717) is 19.2 Å². The zero-order valence-electron chi connectivity index (χ0n) is 9.25. The predicted octanol–water partition coefficient (Wildman–Crippen LogP) is 2.71. The van der Waals surface area contributed by atoms with Crippen LogP contribution in [0.25, 0.3) is 0 Å². The average Bonchev–Trinajstić information content (AvgIpc) is 2.28. The summed E-state index contributed by atoms with van der Waals surface area (Å²) in [5, 5.41) is 0. The lowest BCUT2D eigenvalue weighted by Gasteiger charge is -2.06. The molecule has 17 heavy (non-hydrogen) atoms. The van der Waals surface area contributed by atoms with Gasteiger partial charge < -0.3 is 4.74 Å². The number of aromatic nitrogens is 1. The molecule has 0 fully saturated rings. The second-order valence-electron chi connectivity index (χ2n) is 3.45. The lowest BCUT2D eigenvalue weighted by molar-refractivity contribution is -0.137. The minimum atomic E-state index is -4.43. The van der Waals surface area contributed by atoms with Gasteiger partial charge in [0.1, 0.15) is 5.69 Å². The lowest BCUT2D eigenvalue weighted by Crippen LogP contribution is -2.08. The number of hydrogen-bond donors (Lipinski definition) is 0. The molecule has 0 radical (unpaired) electrons. The minimum absolute atomic E-state index is 0.0501. The molecule has 0 aromatic carbocycles. The second kappa shape index (κ2) is 5.77. The number of halogens is 3. The topological polar surface area (TPSA) is 39.2 Å². The van der Waals surface area contributed by atoms with Crippen LogP contribution < -0.4 is 0 Å². The highest BCUT2D eigenvalue weighted by atomic mass is 19.4. The van der Waals surface area contributed by atoms with Gasteiger partial charge in [-0.15, -0.1) is 0 Å². The summed E-state index contributed by atoms with van der Waals surface area (Å²) in [5.74, 6) is -0.282. The van der Waals surface area contributed by atoms with Gasteiger partial charge in [0, 0.05) is 26.3 Å². The Morgan fingerprint density at radius 1 is 1.41 bits per heavy atom. The maximum atomic E-state index is 12.2. The standard InChI is InChI=1S/C11H12F3NO2/c1-17-6-2-3-10(16)9-5-4-8(7-15-9)11(12,13)14/h4-5,7H,2-3,6H2,1H3. The van der Waals surface area contributed by atoms with Gasteiger partial charge in [-0.2, -0.15) is 13.2 Å². The van der Waals surface area contributed by atoms with Crippen molar-refractivity contribution >= 4 is 5.78 Å². The van der Waals surface area contributed by atoms with Crippen LogP contribution in [-0.2, 0) is 10.9 Å². The largest absolute Gasteiger partial charge is 0.417 e. The molecule has 6 heteroatoms. The maximum absolute atomic E-state index is 12.2. The highest BCUT2D eigenvalue weighted by Crippen LogP contribution is 2.28. The fourth-order valence-corrected chi connectivity index (χ4v) is 1.23. The van der Waals surface area contributed by atoms with Gasteiger partial charge >= 0.3 is 6.18 Å². The summed E-state index contributed by atoms with van der Waals surface area (Å²) in [6.45, 7) is 0.437. The van der Waals surface area contributed by atoms with E-state index in [2.05, 4.69) is 4.98 Å². The molecule has 0 saturated heterocycles. The SMILES string of the molecule is COCCCC(=O)c1ccc(C(F)(F)F)cn1. The van der Waals surface area contributed by atoms with Crippen LogP contribution in [0.1, 0.15) is 28.9 Å². The van der Waals surface area contributed by atoms with E-state index in [0.717, 1.165) is 12.1 Å². The Hall–Kier alpha value is -1.43. The summed E-state index contributed by atoms with van der Waals surface area (Å²) in [4.78, 5) is 15.0. The smallest absolute Gasteiger partial charge is 0.385 e. The van der Waals surface area contributed by atoms with Gasteiger partial charge in [-0.25, -0.2) is 0 Å². The molecule has 0 unspecified atom stereocenters. The number of ketones is 1. The molecule has 0 N–H and O–H groups in total. The molecule has 0 aliphatic heterocycles. The van der Waals surface area contributed by atoms with Crippen LogP contribution in [0.15, 0.2) is 18.3 Å². The number of Topliss-reactive ketones (excluding diaryl/α,β-unsaturated/α-hetero) is 1. The van der Waals surface area contributed by atoms with Crippen LogP contribution in [0, 0.1) is 0 Å². The van der Waals surface area contributed by atoms with Crippen molar-refractivity contribution in [3.05, 3.63) is 29.6 Å². The van der Waals surface area contributed by atoms with Crippen molar-refractivity contribution in [2.45, 2.75) is 19.0 Å². The van der Waals surface area contributed by atoms with Gasteiger partial charge in [-0.3, -0.25) is 9.78 Å². The number of alkyl halides is 3. The average molecular weight is 247 g/mol. The van der Waals surface area contributed by atoms with E-state index in [-0.39, 0.29) is 17.9 Å². The minimum Gasteiger partial charge on any atom is -0.385 e. The van der Waals surface area contributed by atoms with Crippen molar-refractivity contribution in [3.63, 3.8) is 0 Å². The first-order chi connectivity index (χ1) is 7.95. The summed E-state index contributed by atoms with van der Waals surface area (Å²) < 4.78 is 41.5. The molecule has 1 aromatic heterocycles. The van der Waals surface area contributed by atoms with Gasteiger partial charge in [0.15, 0.2) is 5.78 Å². The Morgan fingerprint density at radius 2 is 2.12 bits per heavy atom. The van der Waals surface area contributed by atoms with Gasteiger partial charge in [0.2, 0.25) is 0 Å². The monoisotopic (exact) mass is 247 g/mol. The highest BCUT2D eigenvalue weighted by molar-refractivity contribution is 5.94. The Bertz CT molecular complexity index is 373. The van der Waals surface area contributed by atoms with E-state index < -0.39 is 11.7 Å². The van der Waals surface area contributed by atoms with E-state index in [1.807, 2.05) is 0 Å². The van der Waals surface area contributed by atoms with Gasteiger partial charge in [0.05, 0.1) is 5.56 Å². The summed E-state index contributed by atoms with van der Waals surface area (Å²) in [6, 6.07) is 1.95. The Kier molecular flexibility index (Phi) is 4.62. The fraction of sp³-hybridized carbons (Fsp3) is 0.455. The number of ether oxygens (including phenoxy) is 1. The van der Waals surface area contributed by atoms with Crippen molar-refractivity contribution < 1.29 is 22.7 Å². The second-order valence-corrected chi connectivity index (χ2v) is 3.45. The summed E-state index contributed by atoms with van der Waals surface area (Å²) in [5.41, 5.74) is -0.806. The number of carbonyl (C=O) groups is 1. The first-order valence-corrected chi connectivity index (χ1v) is 5.00. The number of pyridine rings is 1. The zero-order valence-corrected chi connectivity index (χ0v) is 9.25. The van der Waals surface area contributed by atoms with E-state index in [4.69, 9.17) is 4.74 Å². The van der Waals surface area contributed by atoms with Gasteiger partial charge in [0.25, 0.3) is 0 Å². The molecule has 94 valence electrons. The Balaban J connectivity index is 2.64. The Morgan fingerprint density at radius 3 is 2.59 bits per heavy atom. The number of hydrogen-bond acceptors (Lipinski definition) is 3. The number of methoxy groups -OCH3 is 1. The molecule has 1 rings (SSSR count). The molecule has 1 aromatic rings. The van der Waals surface area contributed by atoms with Crippen LogP contribution in [0.4, 0.5) is 13.2 Å². The third-order valence-corrected chi connectivity index (χ3v) is 2.13. The molecule has 0 spiro atoms. The summed E-state index contributed by atoms with van der Waals surface area (Å²) in [6.07, 6.45) is -3.02. The predicted molar refractivity (Wildman–Crippen MR) is 54.7 cm³/mol. The molecule has 0 saturated carbocycles. The maximum Gasteiger partial charge on any atom is 0.417 e. The first-order valence-electron chi connectivity index (χ1n) is 5.00. The van der Waals surface area contributed by atoms with Crippen LogP contribution in [0.3, 0.4) is 0 Å². The summed E-state index contributed by atoms with van der Waals surface area (Å²) in [7, 11) is 1.51. The lowest BCUT2D eigenvalue weighted by atomic mass is 10.1. The molecule has 0 bridgehead atoms. The van der Waals surface area contributed by atoms with E-state index in [1.54, 1.807) is 0 Å². The van der Waals surface area contributed by atoms with Crippen LogP contribution in [-0.4, -0.2) is 24.5 Å². The third kappa shape index (κ3) is 4.14. The molecule has 0 amide bonds. The normalized spacial score (nSPS) is 11.5. The summed E-state index contributed by atoms with van der Waals surface area (Å²) >= 11 is 0. The van der Waals surface area contributed by atoms with Crippen LogP contribution in [0.2, 0.25) is 0 Å². The Labute approximate surface area is 96.6 Å². The molecule has 0 aliphatic rings. The quantitative estimate of drug-likeness (QED) is 0.593. The third-order valence-electron chi connectivity index (χ3n) is 2.13. The molecular formula is C11H12F3NO2. The number of nitrogens with zero attached hydrogens (tertiary/aromatic N) is 1. The zero-order chi connectivity index (χ0) is 12.9. The van der Waals surface area contributed by atoms with Crippen LogP contribution in [0.5, 0.6) is 0 Å². The molecule has 1 heterocycles.